The Kier molecular flexibility index (Phi) is 15.2. The maximum atomic E-state index is 14.5. The Hall–Kier alpha value is -5.43. The van der Waals surface area contributed by atoms with E-state index < -0.39 is 41.5 Å². The number of ether oxygens (including phenoxy) is 2. The van der Waals surface area contributed by atoms with Gasteiger partial charge in [0.15, 0.2) is 17.3 Å². The number of aromatic nitrogens is 2. The van der Waals surface area contributed by atoms with Crippen LogP contribution in [0.3, 0.4) is 0 Å². The van der Waals surface area contributed by atoms with Gasteiger partial charge in [-0.2, -0.15) is 10.4 Å². The SMILES string of the molecule is Cc1cc(C(=O)C[C@@H](CCN)C(=O)N(C)[C@@H]2C(=O)C[C@@H](C)C(=O)N[C@H](C(=O)CCC#N)Cc3ccc(OCCN)c(c3)-c3cc2ccc3OCCN)n(C)n1. The number of carbonyl (C=O) groups is 5. The Labute approximate surface area is 321 Å². The van der Waals surface area contributed by atoms with E-state index in [-0.39, 0.29) is 82.9 Å². The largest absolute Gasteiger partial charge is 0.492 e. The van der Waals surface area contributed by atoms with E-state index in [2.05, 4.69) is 10.4 Å². The molecule has 0 fully saturated rings. The molecule has 0 saturated heterocycles. The Bertz CT molecular complexity index is 1920. The summed E-state index contributed by atoms with van der Waals surface area (Å²) >= 11 is 0. The summed E-state index contributed by atoms with van der Waals surface area (Å²) in [6.07, 6.45) is -0.242. The van der Waals surface area contributed by atoms with Crippen molar-refractivity contribution in [1.82, 2.24) is 20.0 Å². The van der Waals surface area contributed by atoms with Gasteiger partial charge >= 0.3 is 0 Å². The quantitative estimate of drug-likeness (QED) is 0.154. The first-order valence-electron chi connectivity index (χ1n) is 18.5. The fourth-order valence-corrected chi connectivity index (χ4v) is 6.84. The van der Waals surface area contributed by atoms with Crippen LogP contribution in [0.5, 0.6) is 11.5 Å². The van der Waals surface area contributed by atoms with E-state index in [0.29, 0.717) is 45.1 Å². The molecule has 0 aliphatic carbocycles. The van der Waals surface area contributed by atoms with Gasteiger partial charge in [0.25, 0.3) is 0 Å². The standard InChI is InChI=1S/C40H52N8O7/c1-24-18-35(51)38(47(3)40(53)28(11-13-42)23-34(50)32-19-25(2)46-48(32)4)27-8-10-37(55-17-15-44)30(22-27)29-20-26(7-9-36(29)54-16-14-43)21-31(45-39(24)52)33(49)6-5-12-41/h7-10,19-20,22,24,28,31,38H,5-6,11,13-18,21,23,42-44H2,1-4H3,(H,45,52)/t24-,28-,31+,38+/m1/s1. The molecular weight excluding hydrogens is 704 g/mol. The maximum Gasteiger partial charge on any atom is 0.226 e. The molecule has 0 saturated carbocycles. The minimum atomic E-state index is -1.20. The molecule has 4 atom stereocenters. The first kappa shape index (κ1) is 42.3. The van der Waals surface area contributed by atoms with Crippen molar-refractivity contribution in [3.8, 4) is 28.7 Å². The molecule has 4 rings (SSSR count). The zero-order valence-corrected chi connectivity index (χ0v) is 32.0. The van der Waals surface area contributed by atoms with Gasteiger partial charge in [-0.05, 0) is 67.8 Å². The normalized spacial score (nSPS) is 17.7. The molecule has 2 amide bonds. The van der Waals surface area contributed by atoms with Gasteiger partial charge in [0.1, 0.15) is 36.4 Å². The lowest BCUT2D eigenvalue weighted by molar-refractivity contribution is -0.142. The summed E-state index contributed by atoms with van der Waals surface area (Å²) in [7, 11) is 3.15. The van der Waals surface area contributed by atoms with Crippen molar-refractivity contribution in [2.75, 3.05) is 39.9 Å². The summed E-state index contributed by atoms with van der Waals surface area (Å²) in [6, 6.07) is 11.9. The number of likely N-dealkylation sites (N-methyl/N-ethyl adjacent to an activating group) is 1. The number of Topliss-reactive ketones (excluding diaryl/α,β-unsaturated/α-hetero) is 3. The number of nitrogens with one attached hydrogen (secondary N) is 1. The molecule has 1 aliphatic heterocycles. The Morgan fingerprint density at radius 2 is 1.65 bits per heavy atom. The summed E-state index contributed by atoms with van der Waals surface area (Å²) in [5.74, 6) is -2.95. The highest BCUT2D eigenvalue weighted by Crippen LogP contribution is 2.41. The molecular formula is C40H52N8O7. The third-order valence-electron chi connectivity index (χ3n) is 9.61. The van der Waals surface area contributed by atoms with Crippen LogP contribution >= 0.6 is 0 Å². The highest BCUT2D eigenvalue weighted by Gasteiger charge is 2.36. The number of hydrogen-bond donors (Lipinski definition) is 4. The predicted octanol–water partition coefficient (Wildman–Crippen LogP) is 2.32. The van der Waals surface area contributed by atoms with E-state index in [1.54, 1.807) is 57.3 Å². The highest BCUT2D eigenvalue weighted by atomic mass is 16.5. The van der Waals surface area contributed by atoms with Gasteiger partial charge in [-0.1, -0.05) is 19.1 Å². The first-order chi connectivity index (χ1) is 26.3. The van der Waals surface area contributed by atoms with Crippen LogP contribution in [0.1, 0.15) is 72.4 Å². The molecule has 294 valence electrons. The van der Waals surface area contributed by atoms with Crippen LogP contribution in [0.2, 0.25) is 0 Å². The number of nitrogens with two attached hydrogens (primary N) is 3. The van der Waals surface area contributed by atoms with E-state index in [9.17, 15) is 24.0 Å². The topological polar surface area (TPSA) is 239 Å². The van der Waals surface area contributed by atoms with Gasteiger partial charge in [0, 0.05) is 75.8 Å². The van der Waals surface area contributed by atoms with Gasteiger partial charge in [0.2, 0.25) is 11.8 Å². The lowest BCUT2D eigenvalue weighted by Gasteiger charge is -2.32. The number of nitrogens with zero attached hydrogens (tertiary/aromatic N) is 4. The zero-order valence-electron chi connectivity index (χ0n) is 32.0. The van der Waals surface area contributed by atoms with Gasteiger partial charge in [-0.25, -0.2) is 0 Å². The number of fused-ring (bicyclic) bond motifs is 5. The van der Waals surface area contributed by atoms with Crippen LogP contribution in [-0.4, -0.2) is 89.8 Å². The fraction of sp³-hybridized carbons (Fsp3) is 0.475. The van der Waals surface area contributed by atoms with Crippen LogP contribution in [0.25, 0.3) is 11.1 Å². The number of rotatable bonds is 16. The monoisotopic (exact) mass is 756 g/mol. The van der Waals surface area contributed by atoms with Crippen molar-refractivity contribution in [2.24, 2.45) is 36.1 Å². The minimum Gasteiger partial charge on any atom is -0.492 e. The van der Waals surface area contributed by atoms with Crippen molar-refractivity contribution in [3.63, 3.8) is 0 Å². The number of amides is 2. The van der Waals surface area contributed by atoms with E-state index in [4.69, 9.17) is 31.9 Å². The van der Waals surface area contributed by atoms with Gasteiger partial charge in [0.05, 0.1) is 17.8 Å². The number of hydrogen-bond acceptors (Lipinski definition) is 12. The third kappa shape index (κ3) is 10.6. The van der Waals surface area contributed by atoms with Crippen molar-refractivity contribution in [2.45, 2.75) is 64.5 Å². The van der Waals surface area contributed by atoms with E-state index in [0.717, 1.165) is 0 Å². The van der Waals surface area contributed by atoms with E-state index in [1.165, 1.54) is 16.6 Å². The Morgan fingerprint density at radius 1 is 1.00 bits per heavy atom. The fourth-order valence-electron chi connectivity index (χ4n) is 6.84. The van der Waals surface area contributed by atoms with Gasteiger partial charge in [-0.3, -0.25) is 28.7 Å². The first-order valence-corrected chi connectivity index (χ1v) is 18.5. The van der Waals surface area contributed by atoms with Crippen LogP contribution in [0.4, 0.5) is 0 Å². The molecule has 3 aromatic rings. The molecule has 7 N–H and O–H groups in total. The zero-order chi connectivity index (χ0) is 40.2. The van der Waals surface area contributed by atoms with Crippen molar-refractivity contribution in [3.05, 3.63) is 65.0 Å². The molecule has 2 aromatic carbocycles. The average Bonchev–Trinajstić information content (AvgIpc) is 3.51. The predicted molar refractivity (Wildman–Crippen MR) is 205 cm³/mol. The summed E-state index contributed by atoms with van der Waals surface area (Å²) < 4.78 is 13.6. The second-order valence-corrected chi connectivity index (χ2v) is 13.9. The minimum absolute atomic E-state index is 0.0223. The third-order valence-corrected chi connectivity index (χ3v) is 9.61. The molecule has 1 aliphatic rings. The number of aryl methyl sites for hydroxylation is 2. The van der Waals surface area contributed by atoms with Crippen molar-refractivity contribution < 1.29 is 33.4 Å². The lowest BCUT2D eigenvalue weighted by atomic mass is 9.88. The summed E-state index contributed by atoms with van der Waals surface area (Å²) in [5, 5.41) is 16.3. The number of benzene rings is 2. The van der Waals surface area contributed by atoms with Crippen LogP contribution < -0.4 is 32.0 Å². The number of carbonyl (C=O) groups excluding carboxylic acids is 5. The van der Waals surface area contributed by atoms with Crippen LogP contribution in [-0.2, 0) is 32.6 Å². The van der Waals surface area contributed by atoms with Crippen LogP contribution in [0, 0.1) is 30.1 Å². The van der Waals surface area contributed by atoms with Crippen molar-refractivity contribution in [1.29, 1.82) is 5.26 Å². The van der Waals surface area contributed by atoms with Crippen LogP contribution in [0.15, 0.2) is 42.5 Å². The number of nitriles is 1. The average molecular weight is 757 g/mol. The van der Waals surface area contributed by atoms with Gasteiger partial charge < -0.3 is 36.9 Å². The molecule has 0 spiro atoms. The molecule has 1 aromatic heterocycles. The maximum absolute atomic E-state index is 14.5. The molecule has 4 bridgehead atoms. The highest BCUT2D eigenvalue weighted by molar-refractivity contribution is 5.99. The molecule has 0 unspecified atom stereocenters. The smallest absolute Gasteiger partial charge is 0.226 e. The second-order valence-electron chi connectivity index (χ2n) is 13.9. The van der Waals surface area contributed by atoms with E-state index in [1.807, 2.05) is 12.1 Å². The number of ketones is 3. The van der Waals surface area contributed by atoms with Gasteiger partial charge in [-0.15, -0.1) is 0 Å². The summed E-state index contributed by atoms with van der Waals surface area (Å²) in [4.78, 5) is 70.7. The molecule has 55 heavy (non-hydrogen) atoms. The molecule has 2 heterocycles. The molecule has 15 nitrogen and oxygen atoms in total. The van der Waals surface area contributed by atoms with E-state index >= 15 is 0 Å². The molecule has 15 heteroatoms. The summed E-state index contributed by atoms with van der Waals surface area (Å²) in [6.45, 7) is 4.28. The Balaban J connectivity index is 1.89. The second kappa shape index (κ2) is 19.8. The van der Waals surface area contributed by atoms with Crippen molar-refractivity contribution >= 4 is 29.2 Å². The Morgan fingerprint density at radius 3 is 2.25 bits per heavy atom. The molecule has 0 radical (unpaired) electrons. The lowest BCUT2D eigenvalue weighted by Crippen LogP contribution is -2.46. The summed E-state index contributed by atoms with van der Waals surface area (Å²) in [5.41, 5.74) is 20.8.